The first kappa shape index (κ1) is 16.5. The van der Waals surface area contributed by atoms with E-state index >= 15 is 0 Å². The van der Waals surface area contributed by atoms with Crippen molar-refractivity contribution >= 4 is 40.2 Å². The highest BCUT2D eigenvalue weighted by Gasteiger charge is 2.18. The summed E-state index contributed by atoms with van der Waals surface area (Å²) in [5, 5.41) is 4.04. The van der Waals surface area contributed by atoms with Crippen LogP contribution < -0.4 is 5.32 Å². The zero-order chi connectivity index (χ0) is 15.6. The van der Waals surface area contributed by atoms with Crippen molar-refractivity contribution in [1.29, 1.82) is 0 Å². The molecule has 3 nitrogen and oxygen atoms in total. The minimum atomic E-state index is -0.0583. The van der Waals surface area contributed by atoms with Crippen molar-refractivity contribution in [2.75, 3.05) is 0 Å². The molecule has 2 aromatic rings. The third-order valence-corrected chi connectivity index (χ3v) is 5.59. The van der Waals surface area contributed by atoms with Crippen LogP contribution >= 0.6 is 34.3 Å². The molecule has 0 saturated heterocycles. The maximum absolute atomic E-state index is 12.4. The van der Waals surface area contributed by atoms with Gasteiger partial charge in [-0.2, -0.15) is 0 Å². The van der Waals surface area contributed by atoms with Gasteiger partial charge in [-0.3, -0.25) is 4.79 Å². The van der Waals surface area contributed by atoms with E-state index in [1.807, 2.05) is 26.0 Å². The molecule has 6 heteroatoms. The van der Waals surface area contributed by atoms with E-state index in [-0.39, 0.29) is 11.9 Å². The van der Waals surface area contributed by atoms with E-state index in [0.29, 0.717) is 10.8 Å². The van der Waals surface area contributed by atoms with Gasteiger partial charge in [-0.25, -0.2) is 4.98 Å². The van der Waals surface area contributed by atoms with Gasteiger partial charge >= 0.3 is 0 Å². The zero-order valence-electron chi connectivity index (χ0n) is 12.6. The van der Waals surface area contributed by atoms with Crippen LogP contribution in [0.5, 0.6) is 0 Å². The third kappa shape index (κ3) is 4.28. The van der Waals surface area contributed by atoms with E-state index in [0.717, 1.165) is 26.3 Å². The number of amides is 1. The van der Waals surface area contributed by atoms with Crippen molar-refractivity contribution < 1.29 is 4.79 Å². The van der Waals surface area contributed by atoms with Gasteiger partial charge in [-0.15, -0.1) is 22.7 Å². The van der Waals surface area contributed by atoms with E-state index in [1.54, 1.807) is 0 Å². The van der Waals surface area contributed by atoms with Crippen molar-refractivity contribution in [3.63, 3.8) is 0 Å². The number of nitrogens with one attached hydrogen (secondary N) is 1. The maximum atomic E-state index is 12.4. The standard InChI is InChI=1S/C15H19ClN2OS2/c1-8(2)7-13-17-10(4)14(21-13)15(19)18-9(3)11-5-6-12(16)20-11/h5-6,8-9H,7H2,1-4H3,(H,18,19). The van der Waals surface area contributed by atoms with Gasteiger partial charge in [0.2, 0.25) is 0 Å². The van der Waals surface area contributed by atoms with E-state index in [4.69, 9.17) is 11.6 Å². The lowest BCUT2D eigenvalue weighted by molar-refractivity contribution is 0.0944. The minimum absolute atomic E-state index is 0.0509. The number of halogens is 1. The first-order chi connectivity index (χ1) is 9.86. The summed E-state index contributed by atoms with van der Waals surface area (Å²) in [6.45, 7) is 8.16. The summed E-state index contributed by atoms with van der Waals surface area (Å²) in [5.41, 5.74) is 0.810. The first-order valence-corrected chi connectivity index (χ1v) is 8.90. The SMILES string of the molecule is Cc1nc(CC(C)C)sc1C(=O)NC(C)c1ccc(Cl)s1. The fraction of sp³-hybridized carbons (Fsp3) is 0.467. The first-order valence-electron chi connectivity index (χ1n) is 6.89. The molecule has 0 saturated carbocycles. The van der Waals surface area contributed by atoms with Crippen LogP contribution in [0.3, 0.4) is 0 Å². The minimum Gasteiger partial charge on any atom is -0.344 e. The summed E-state index contributed by atoms with van der Waals surface area (Å²) in [7, 11) is 0. The number of aromatic nitrogens is 1. The van der Waals surface area contributed by atoms with Gasteiger partial charge in [0.1, 0.15) is 4.88 Å². The van der Waals surface area contributed by atoms with Gasteiger partial charge in [0.05, 0.1) is 21.1 Å². The van der Waals surface area contributed by atoms with Gasteiger partial charge in [0, 0.05) is 11.3 Å². The number of thiazole rings is 1. The van der Waals surface area contributed by atoms with Crippen molar-refractivity contribution in [3.05, 3.63) is 36.9 Å². The molecule has 0 fully saturated rings. The summed E-state index contributed by atoms with van der Waals surface area (Å²) in [6, 6.07) is 3.75. The molecular weight excluding hydrogens is 324 g/mol. The Balaban J connectivity index is 2.08. The molecule has 0 aliphatic rings. The van der Waals surface area contributed by atoms with Crippen molar-refractivity contribution in [2.24, 2.45) is 5.92 Å². The summed E-state index contributed by atoms with van der Waals surface area (Å²) >= 11 is 8.91. The smallest absolute Gasteiger partial charge is 0.263 e. The molecule has 0 radical (unpaired) electrons. The molecule has 0 bridgehead atoms. The van der Waals surface area contributed by atoms with E-state index in [9.17, 15) is 4.79 Å². The van der Waals surface area contributed by atoms with Crippen LogP contribution in [0.15, 0.2) is 12.1 Å². The summed E-state index contributed by atoms with van der Waals surface area (Å²) < 4.78 is 0.735. The number of carbonyl (C=O) groups is 1. The Morgan fingerprint density at radius 1 is 1.33 bits per heavy atom. The molecule has 1 amide bonds. The Bertz CT molecular complexity index is 633. The molecule has 2 rings (SSSR count). The number of nitrogens with zero attached hydrogens (tertiary/aromatic N) is 1. The molecule has 0 aliphatic heterocycles. The topological polar surface area (TPSA) is 42.0 Å². The third-order valence-electron chi connectivity index (χ3n) is 3.00. The van der Waals surface area contributed by atoms with Crippen LogP contribution in [-0.2, 0) is 6.42 Å². The van der Waals surface area contributed by atoms with E-state index in [2.05, 4.69) is 24.1 Å². The molecule has 1 unspecified atom stereocenters. The quantitative estimate of drug-likeness (QED) is 0.843. The van der Waals surface area contributed by atoms with Crippen molar-refractivity contribution in [1.82, 2.24) is 10.3 Å². The molecule has 0 aliphatic carbocycles. The monoisotopic (exact) mass is 342 g/mol. The predicted molar refractivity (Wildman–Crippen MR) is 90.6 cm³/mol. The molecule has 2 heterocycles. The highest BCUT2D eigenvalue weighted by atomic mass is 35.5. The second kappa shape index (κ2) is 6.90. The second-order valence-electron chi connectivity index (χ2n) is 5.46. The molecule has 2 aromatic heterocycles. The van der Waals surface area contributed by atoms with Gasteiger partial charge < -0.3 is 5.32 Å². The van der Waals surface area contributed by atoms with Gasteiger partial charge in [-0.05, 0) is 31.9 Å². The van der Waals surface area contributed by atoms with Crippen LogP contribution in [0.2, 0.25) is 4.34 Å². The van der Waals surface area contributed by atoms with Crippen LogP contribution in [0.1, 0.15) is 52.1 Å². The van der Waals surface area contributed by atoms with Crippen LogP contribution in [-0.4, -0.2) is 10.9 Å². The largest absolute Gasteiger partial charge is 0.344 e. The highest BCUT2D eigenvalue weighted by molar-refractivity contribution is 7.16. The number of rotatable bonds is 5. The Kier molecular flexibility index (Phi) is 5.41. The van der Waals surface area contributed by atoms with E-state index in [1.165, 1.54) is 22.7 Å². The summed E-state index contributed by atoms with van der Waals surface area (Å²) in [5.74, 6) is 0.482. The lowest BCUT2D eigenvalue weighted by Gasteiger charge is -2.11. The highest BCUT2D eigenvalue weighted by Crippen LogP contribution is 2.27. The number of hydrogen-bond acceptors (Lipinski definition) is 4. The van der Waals surface area contributed by atoms with Crippen molar-refractivity contribution in [2.45, 2.75) is 40.2 Å². The molecular formula is C15H19ClN2OS2. The Labute approximate surface area is 138 Å². The fourth-order valence-electron chi connectivity index (χ4n) is 1.99. The van der Waals surface area contributed by atoms with Crippen molar-refractivity contribution in [3.8, 4) is 0 Å². The van der Waals surface area contributed by atoms with Crippen LogP contribution in [0.4, 0.5) is 0 Å². The Hall–Kier alpha value is -0.910. The number of thiophene rings is 1. The lowest BCUT2D eigenvalue weighted by atomic mass is 10.1. The van der Waals surface area contributed by atoms with Gasteiger partial charge in [-0.1, -0.05) is 25.4 Å². The zero-order valence-corrected chi connectivity index (χ0v) is 15.0. The normalized spacial score (nSPS) is 12.7. The second-order valence-corrected chi connectivity index (χ2v) is 8.29. The molecule has 1 atom stereocenters. The fourth-order valence-corrected chi connectivity index (χ4v) is 4.24. The van der Waals surface area contributed by atoms with E-state index < -0.39 is 0 Å². The molecule has 114 valence electrons. The van der Waals surface area contributed by atoms with Crippen LogP contribution in [0, 0.1) is 12.8 Å². The number of aryl methyl sites for hydroxylation is 1. The molecule has 21 heavy (non-hydrogen) atoms. The predicted octanol–water partition coefficient (Wildman–Crippen LogP) is 4.86. The average molecular weight is 343 g/mol. The molecule has 0 spiro atoms. The Morgan fingerprint density at radius 2 is 2.05 bits per heavy atom. The van der Waals surface area contributed by atoms with Gasteiger partial charge in [0.25, 0.3) is 5.91 Å². The average Bonchev–Trinajstić information content (AvgIpc) is 2.95. The number of hydrogen-bond donors (Lipinski definition) is 1. The molecule has 0 aromatic carbocycles. The van der Waals surface area contributed by atoms with Crippen LogP contribution in [0.25, 0.3) is 0 Å². The lowest BCUT2D eigenvalue weighted by Crippen LogP contribution is -2.25. The molecule has 1 N–H and O–H groups in total. The Morgan fingerprint density at radius 3 is 2.62 bits per heavy atom. The van der Waals surface area contributed by atoms with Gasteiger partial charge in [0.15, 0.2) is 0 Å². The summed E-state index contributed by atoms with van der Waals surface area (Å²) in [4.78, 5) is 18.6. The number of carbonyl (C=O) groups excluding carboxylic acids is 1. The maximum Gasteiger partial charge on any atom is 0.263 e. The summed E-state index contributed by atoms with van der Waals surface area (Å²) in [6.07, 6.45) is 0.912.